The number of aryl methyl sites for hydroxylation is 1. The quantitative estimate of drug-likeness (QED) is 0.175. The lowest BCUT2D eigenvalue weighted by Gasteiger charge is -2.19. The summed E-state index contributed by atoms with van der Waals surface area (Å²) in [7, 11) is 0. The highest BCUT2D eigenvalue weighted by Gasteiger charge is 2.31. The molecular formula is C32H34F3N5O3. The van der Waals surface area contributed by atoms with Gasteiger partial charge in [0.15, 0.2) is 5.75 Å². The van der Waals surface area contributed by atoms with Gasteiger partial charge in [-0.2, -0.15) is 0 Å². The molecule has 43 heavy (non-hydrogen) atoms. The average molecular weight is 594 g/mol. The second-order valence-corrected chi connectivity index (χ2v) is 9.68. The van der Waals surface area contributed by atoms with Crippen LogP contribution >= 0.6 is 0 Å². The van der Waals surface area contributed by atoms with Crippen LogP contribution < -0.4 is 20.1 Å². The highest BCUT2D eigenvalue weighted by molar-refractivity contribution is 6.04. The summed E-state index contributed by atoms with van der Waals surface area (Å²) in [6.07, 6.45) is -3.29. The van der Waals surface area contributed by atoms with Crippen molar-refractivity contribution >= 4 is 23.2 Å². The Kier molecular flexibility index (Phi) is 10.2. The van der Waals surface area contributed by atoms with Crippen LogP contribution in [0.5, 0.6) is 11.5 Å². The fraction of sp³-hybridized carbons (Fsp3) is 0.281. The molecule has 0 fully saturated rings. The van der Waals surface area contributed by atoms with E-state index in [1.807, 2.05) is 19.1 Å². The van der Waals surface area contributed by atoms with Crippen molar-refractivity contribution < 1.29 is 27.4 Å². The fourth-order valence-electron chi connectivity index (χ4n) is 4.35. The molecule has 0 aliphatic carbocycles. The largest absolute Gasteiger partial charge is 0.573 e. The average Bonchev–Trinajstić information content (AvgIpc) is 2.98. The Bertz CT molecular complexity index is 1520. The highest BCUT2D eigenvalue weighted by atomic mass is 19.4. The van der Waals surface area contributed by atoms with Crippen LogP contribution in [0.15, 0.2) is 72.9 Å². The molecule has 0 atom stereocenters. The van der Waals surface area contributed by atoms with Crippen LogP contribution in [-0.2, 0) is 6.54 Å². The third kappa shape index (κ3) is 8.68. The molecule has 0 unspecified atom stereocenters. The Balaban J connectivity index is 1.47. The number of nitrogens with one attached hydrogen (secondary N) is 2. The van der Waals surface area contributed by atoms with Crippen LogP contribution in [0.4, 0.5) is 30.5 Å². The van der Waals surface area contributed by atoms with Crippen molar-refractivity contribution in [1.82, 2.24) is 14.9 Å². The van der Waals surface area contributed by atoms with Gasteiger partial charge in [-0.25, -0.2) is 9.97 Å². The summed E-state index contributed by atoms with van der Waals surface area (Å²) < 4.78 is 47.3. The van der Waals surface area contributed by atoms with E-state index in [0.717, 1.165) is 36.4 Å². The Morgan fingerprint density at radius 1 is 0.953 bits per heavy atom. The van der Waals surface area contributed by atoms with Crippen molar-refractivity contribution in [3.8, 4) is 22.8 Å². The van der Waals surface area contributed by atoms with Gasteiger partial charge in [0, 0.05) is 29.0 Å². The van der Waals surface area contributed by atoms with Crippen molar-refractivity contribution in [3.05, 3.63) is 89.6 Å². The monoisotopic (exact) mass is 593 g/mol. The molecule has 2 N–H and O–H groups in total. The SMILES string of the molecule is CCOc1cnc(Nc2ccc(C(=O)Nc3cc(CN(CC)CC)ccc3C)cc2)nc1-c1ccc(OC(F)(F)F)cc1. The van der Waals surface area contributed by atoms with Gasteiger partial charge in [0.1, 0.15) is 11.4 Å². The van der Waals surface area contributed by atoms with E-state index in [9.17, 15) is 18.0 Å². The molecule has 1 aromatic heterocycles. The van der Waals surface area contributed by atoms with Crippen molar-refractivity contribution in [2.24, 2.45) is 0 Å². The Morgan fingerprint density at radius 2 is 1.65 bits per heavy atom. The minimum atomic E-state index is -4.78. The second-order valence-electron chi connectivity index (χ2n) is 9.68. The van der Waals surface area contributed by atoms with Crippen LogP contribution in [0.2, 0.25) is 0 Å². The number of amides is 1. The number of carbonyl (C=O) groups excluding carboxylic acids is 1. The van der Waals surface area contributed by atoms with E-state index < -0.39 is 6.36 Å². The summed E-state index contributed by atoms with van der Waals surface area (Å²) in [5.74, 6) is 0.0494. The zero-order chi connectivity index (χ0) is 31.0. The predicted octanol–water partition coefficient (Wildman–Crippen LogP) is 7.59. The van der Waals surface area contributed by atoms with Crippen LogP contribution in [0.1, 0.15) is 42.3 Å². The first kappa shape index (κ1) is 31.3. The standard InChI is InChI=1S/C32H34F3N5O3/c1-5-40(6-2)20-22-9-8-21(4)27(18-22)38-30(41)24-10-14-25(15-11-24)37-31-36-19-28(42-7-3)29(39-31)23-12-16-26(17-13-23)43-32(33,34)35/h8-19H,5-7,20H2,1-4H3,(H,38,41)(H,36,37,39). The summed E-state index contributed by atoms with van der Waals surface area (Å²) in [6.45, 7) is 11.1. The zero-order valence-electron chi connectivity index (χ0n) is 24.5. The molecule has 0 aliphatic heterocycles. The number of benzene rings is 3. The number of alkyl halides is 3. The maximum Gasteiger partial charge on any atom is 0.573 e. The lowest BCUT2D eigenvalue weighted by atomic mass is 10.1. The first-order valence-electron chi connectivity index (χ1n) is 13.9. The maximum absolute atomic E-state index is 13.0. The third-order valence-corrected chi connectivity index (χ3v) is 6.67. The molecular weight excluding hydrogens is 559 g/mol. The van der Waals surface area contributed by atoms with Gasteiger partial charge in [0.2, 0.25) is 5.95 Å². The van der Waals surface area contributed by atoms with Gasteiger partial charge in [-0.1, -0.05) is 26.0 Å². The molecule has 4 rings (SSSR count). The van der Waals surface area contributed by atoms with E-state index in [1.54, 1.807) is 31.2 Å². The number of aromatic nitrogens is 2. The van der Waals surface area contributed by atoms with Crippen LogP contribution in [-0.4, -0.2) is 46.8 Å². The molecule has 0 bridgehead atoms. The fourth-order valence-corrected chi connectivity index (χ4v) is 4.35. The van der Waals surface area contributed by atoms with Gasteiger partial charge in [-0.05, 0) is 92.7 Å². The number of rotatable bonds is 12. The summed E-state index contributed by atoms with van der Waals surface area (Å²) in [5.41, 5.74) is 4.90. The van der Waals surface area contributed by atoms with Crippen molar-refractivity contribution in [1.29, 1.82) is 0 Å². The maximum atomic E-state index is 13.0. The Morgan fingerprint density at radius 3 is 2.28 bits per heavy atom. The lowest BCUT2D eigenvalue weighted by Crippen LogP contribution is -2.22. The number of ether oxygens (including phenoxy) is 2. The van der Waals surface area contributed by atoms with E-state index in [2.05, 4.69) is 50.2 Å². The lowest BCUT2D eigenvalue weighted by molar-refractivity contribution is -0.274. The topological polar surface area (TPSA) is 88.6 Å². The van der Waals surface area contributed by atoms with Crippen molar-refractivity contribution in [2.45, 2.75) is 40.6 Å². The molecule has 11 heteroatoms. The minimum Gasteiger partial charge on any atom is -0.490 e. The van der Waals surface area contributed by atoms with Gasteiger partial charge < -0.3 is 20.1 Å². The first-order valence-corrected chi connectivity index (χ1v) is 13.9. The van der Waals surface area contributed by atoms with Crippen molar-refractivity contribution in [2.75, 3.05) is 30.3 Å². The molecule has 3 aromatic carbocycles. The number of nitrogens with zero attached hydrogens (tertiary/aromatic N) is 3. The zero-order valence-corrected chi connectivity index (χ0v) is 24.5. The molecule has 1 amide bonds. The normalized spacial score (nSPS) is 11.3. The molecule has 4 aromatic rings. The number of hydrogen-bond acceptors (Lipinski definition) is 7. The van der Waals surface area contributed by atoms with Gasteiger partial charge in [-0.3, -0.25) is 9.69 Å². The summed E-state index contributed by atoms with van der Waals surface area (Å²) >= 11 is 0. The summed E-state index contributed by atoms with van der Waals surface area (Å²) in [4.78, 5) is 24.2. The summed E-state index contributed by atoms with van der Waals surface area (Å²) in [6, 6.07) is 18.3. The first-order chi connectivity index (χ1) is 20.6. The van der Waals surface area contributed by atoms with Crippen LogP contribution in [0.3, 0.4) is 0 Å². The van der Waals surface area contributed by atoms with Crippen LogP contribution in [0.25, 0.3) is 11.3 Å². The molecule has 0 saturated carbocycles. The van der Waals surface area contributed by atoms with Gasteiger partial charge in [0.05, 0.1) is 12.8 Å². The number of halogens is 3. The minimum absolute atomic E-state index is 0.229. The summed E-state index contributed by atoms with van der Waals surface area (Å²) in [5, 5.41) is 6.12. The van der Waals surface area contributed by atoms with E-state index >= 15 is 0 Å². The second kappa shape index (κ2) is 14.0. The highest BCUT2D eigenvalue weighted by Crippen LogP contribution is 2.32. The number of anilines is 3. The van der Waals surface area contributed by atoms with E-state index in [-0.39, 0.29) is 17.6 Å². The van der Waals surface area contributed by atoms with Crippen LogP contribution in [0, 0.1) is 6.92 Å². The van der Waals surface area contributed by atoms with E-state index in [1.165, 1.54) is 30.5 Å². The third-order valence-electron chi connectivity index (χ3n) is 6.67. The molecule has 1 heterocycles. The number of hydrogen-bond donors (Lipinski definition) is 2. The molecule has 0 saturated heterocycles. The van der Waals surface area contributed by atoms with Crippen molar-refractivity contribution in [3.63, 3.8) is 0 Å². The van der Waals surface area contributed by atoms with E-state index in [4.69, 9.17) is 4.74 Å². The smallest absolute Gasteiger partial charge is 0.490 e. The molecule has 0 radical (unpaired) electrons. The van der Waals surface area contributed by atoms with Gasteiger partial charge in [-0.15, -0.1) is 13.2 Å². The molecule has 0 spiro atoms. The van der Waals surface area contributed by atoms with E-state index in [0.29, 0.717) is 34.9 Å². The predicted molar refractivity (Wildman–Crippen MR) is 161 cm³/mol. The van der Waals surface area contributed by atoms with Gasteiger partial charge >= 0.3 is 6.36 Å². The molecule has 226 valence electrons. The molecule has 0 aliphatic rings. The Hall–Kier alpha value is -4.64. The molecule has 8 nitrogen and oxygen atoms in total. The Labute approximate surface area is 248 Å². The number of carbonyl (C=O) groups is 1. The van der Waals surface area contributed by atoms with Gasteiger partial charge in [0.25, 0.3) is 5.91 Å².